The van der Waals surface area contributed by atoms with Crippen LogP contribution in [-0.2, 0) is 4.74 Å². The number of aromatic hydroxyl groups is 2. The first-order valence-corrected chi connectivity index (χ1v) is 9.93. The first-order valence-electron chi connectivity index (χ1n) is 9.93. The lowest BCUT2D eigenvalue weighted by atomic mass is 9.99. The molecule has 1 fully saturated rings. The number of phenolic OH excluding ortho intramolecular Hbond substituents is 2. The van der Waals surface area contributed by atoms with Crippen LogP contribution in [0.3, 0.4) is 0 Å². The van der Waals surface area contributed by atoms with Crippen molar-refractivity contribution in [2.24, 2.45) is 0 Å². The summed E-state index contributed by atoms with van der Waals surface area (Å²) in [4.78, 5) is 25.4. The number of methoxy groups -OCH3 is 1. The lowest BCUT2D eigenvalue weighted by Crippen LogP contribution is -2.60. The maximum atomic E-state index is 12.7. The highest BCUT2D eigenvalue weighted by molar-refractivity contribution is 6.22. The monoisotopic (exact) mass is 478 g/mol. The fourth-order valence-corrected chi connectivity index (χ4v) is 4.10. The fraction of sp³-hybridized carbons (Fsp3) is 0.333. The van der Waals surface area contributed by atoms with Crippen LogP contribution in [0.2, 0.25) is 0 Å². The summed E-state index contributed by atoms with van der Waals surface area (Å²) < 4.78 is 26.2. The van der Waals surface area contributed by atoms with E-state index in [2.05, 4.69) is 0 Å². The lowest BCUT2D eigenvalue weighted by molar-refractivity contribution is -0.277. The van der Waals surface area contributed by atoms with E-state index in [4.69, 9.17) is 23.0 Å². The Kier molecular flexibility index (Phi) is 5.03. The predicted octanol–water partition coefficient (Wildman–Crippen LogP) is -0.911. The van der Waals surface area contributed by atoms with E-state index in [9.17, 15) is 40.2 Å². The molecule has 3 heterocycles. The quantitative estimate of drug-likeness (QED) is 0.155. The zero-order chi connectivity index (χ0) is 24.5. The predicted molar refractivity (Wildman–Crippen MR) is 111 cm³/mol. The molecule has 0 bridgehead atoms. The van der Waals surface area contributed by atoms with Crippen molar-refractivity contribution in [2.75, 3.05) is 13.7 Å². The van der Waals surface area contributed by atoms with Gasteiger partial charge in [0.25, 0.3) is 0 Å². The van der Waals surface area contributed by atoms with Crippen molar-refractivity contribution in [1.82, 2.24) is 0 Å². The van der Waals surface area contributed by atoms with Gasteiger partial charge in [-0.15, -0.1) is 0 Å². The van der Waals surface area contributed by atoms with Gasteiger partial charge >= 0.3 is 11.3 Å². The van der Waals surface area contributed by atoms with Gasteiger partial charge in [-0.1, -0.05) is 0 Å². The summed E-state index contributed by atoms with van der Waals surface area (Å²) in [6.45, 7) is -0.720. The molecule has 1 aliphatic rings. The first kappa shape index (κ1) is 22.2. The molecular weight excluding hydrogens is 460 g/mol. The van der Waals surface area contributed by atoms with Gasteiger partial charge in [0, 0.05) is 10.8 Å². The Hall–Kier alpha value is -3.62. The van der Waals surface area contributed by atoms with E-state index < -0.39 is 71.4 Å². The van der Waals surface area contributed by atoms with Gasteiger partial charge in [0.1, 0.15) is 24.4 Å². The maximum Gasteiger partial charge on any atom is 0.344 e. The second kappa shape index (κ2) is 7.72. The van der Waals surface area contributed by atoms with Crippen molar-refractivity contribution in [3.63, 3.8) is 0 Å². The third kappa shape index (κ3) is 2.99. The van der Waals surface area contributed by atoms with E-state index in [-0.39, 0.29) is 32.9 Å². The van der Waals surface area contributed by atoms with Crippen molar-refractivity contribution in [3.05, 3.63) is 33.0 Å². The van der Waals surface area contributed by atoms with Crippen molar-refractivity contribution in [2.45, 2.75) is 30.7 Å². The van der Waals surface area contributed by atoms with Gasteiger partial charge < -0.3 is 53.7 Å². The van der Waals surface area contributed by atoms with Crippen LogP contribution < -0.4 is 20.7 Å². The first-order chi connectivity index (χ1) is 16.2. The van der Waals surface area contributed by atoms with Crippen LogP contribution >= 0.6 is 0 Å². The summed E-state index contributed by atoms with van der Waals surface area (Å²) >= 11 is 0. The van der Waals surface area contributed by atoms with Crippen LogP contribution in [0.5, 0.6) is 23.0 Å². The van der Waals surface area contributed by atoms with Gasteiger partial charge in [-0.05, 0) is 12.1 Å². The largest absolute Gasteiger partial charge is 0.502 e. The average molecular weight is 478 g/mol. The number of hydrogen-bond acceptors (Lipinski definition) is 13. The second-order valence-corrected chi connectivity index (χ2v) is 7.75. The Morgan fingerprint density at radius 1 is 0.853 bits per heavy atom. The molecule has 1 aliphatic heterocycles. The second-order valence-electron chi connectivity index (χ2n) is 7.75. The fourth-order valence-electron chi connectivity index (χ4n) is 4.10. The number of phenols is 2. The molecule has 0 amide bonds. The van der Waals surface area contributed by atoms with E-state index in [1.54, 1.807) is 0 Å². The van der Waals surface area contributed by atoms with Crippen LogP contribution in [-0.4, -0.2) is 75.1 Å². The van der Waals surface area contributed by atoms with Gasteiger partial charge in [-0.3, -0.25) is 0 Å². The van der Waals surface area contributed by atoms with Crippen molar-refractivity contribution in [3.8, 4) is 23.0 Å². The van der Waals surface area contributed by atoms with E-state index in [1.165, 1.54) is 13.2 Å². The maximum absolute atomic E-state index is 12.7. The normalized spacial score (nSPS) is 25.4. The van der Waals surface area contributed by atoms with E-state index in [0.29, 0.717) is 0 Å². The molecule has 0 saturated carbocycles. The highest BCUT2D eigenvalue weighted by Crippen LogP contribution is 2.45. The minimum atomic E-state index is -1.81. The molecule has 13 heteroatoms. The van der Waals surface area contributed by atoms with E-state index >= 15 is 0 Å². The van der Waals surface area contributed by atoms with Crippen LogP contribution in [0, 0.1) is 0 Å². The SMILES string of the molecule is COc1cc2c(=O)oc3c(O)c(OC4OC(CO)C(O)C(O)C4O)cc4c(=O)oc(c1O)c2c34. The molecule has 5 rings (SSSR count). The summed E-state index contributed by atoms with van der Waals surface area (Å²) in [5, 5.41) is 60.3. The van der Waals surface area contributed by atoms with Crippen molar-refractivity contribution in [1.29, 1.82) is 0 Å². The number of ether oxygens (including phenoxy) is 3. The van der Waals surface area contributed by atoms with Crippen molar-refractivity contribution >= 4 is 32.7 Å². The lowest BCUT2D eigenvalue weighted by Gasteiger charge is -2.39. The summed E-state index contributed by atoms with van der Waals surface area (Å²) in [5.74, 6) is -1.93. The molecule has 5 atom stereocenters. The summed E-state index contributed by atoms with van der Waals surface area (Å²) in [7, 11) is 1.24. The summed E-state index contributed by atoms with van der Waals surface area (Å²) in [6.07, 6.45) is -8.20. The van der Waals surface area contributed by atoms with Gasteiger partial charge in [-0.25, -0.2) is 9.59 Å². The minimum absolute atomic E-state index is 0.00570. The molecule has 1 saturated heterocycles. The van der Waals surface area contributed by atoms with Gasteiger partial charge in [0.2, 0.25) is 17.8 Å². The molecule has 34 heavy (non-hydrogen) atoms. The minimum Gasteiger partial charge on any atom is -0.502 e. The zero-order valence-corrected chi connectivity index (χ0v) is 17.3. The number of benzene rings is 2. The van der Waals surface area contributed by atoms with Crippen LogP contribution in [0.15, 0.2) is 30.6 Å². The molecule has 2 aromatic heterocycles. The molecule has 2 aromatic carbocycles. The Morgan fingerprint density at radius 3 is 1.91 bits per heavy atom. The average Bonchev–Trinajstić information content (AvgIpc) is 2.82. The molecule has 0 radical (unpaired) electrons. The molecular formula is C21H18O13. The molecule has 0 aliphatic carbocycles. The Balaban J connectivity index is 1.74. The Bertz CT molecular complexity index is 1520. The molecule has 0 spiro atoms. The third-order valence-electron chi connectivity index (χ3n) is 5.83. The van der Waals surface area contributed by atoms with Crippen molar-refractivity contribution < 1.29 is 53.7 Å². The smallest absolute Gasteiger partial charge is 0.344 e. The number of hydrogen-bond donors (Lipinski definition) is 6. The highest BCUT2D eigenvalue weighted by atomic mass is 16.7. The van der Waals surface area contributed by atoms with E-state index in [0.717, 1.165) is 6.07 Å². The van der Waals surface area contributed by atoms with Crippen LogP contribution in [0.4, 0.5) is 0 Å². The van der Waals surface area contributed by atoms with Crippen LogP contribution in [0.1, 0.15) is 0 Å². The molecule has 6 N–H and O–H groups in total. The van der Waals surface area contributed by atoms with Gasteiger partial charge in [0.15, 0.2) is 22.7 Å². The molecule has 5 unspecified atom stereocenters. The van der Waals surface area contributed by atoms with E-state index in [1.807, 2.05) is 0 Å². The number of aliphatic hydroxyl groups is 4. The molecule has 4 aromatic rings. The number of aliphatic hydroxyl groups excluding tert-OH is 4. The van der Waals surface area contributed by atoms with Gasteiger partial charge in [-0.2, -0.15) is 0 Å². The number of rotatable bonds is 4. The highest BCUT2D eigenvalue weighted by Gasteiger charge is 2.45. The van der Waals surface area contributed by atoms with Crippen LogP contribution in [0.25, 0.3) is 32.7 Å². The topological polar surface area (TPSA) is 209 Å². The summed E-state index contributed by atoms with van der Waals surface area (Å²) in [5.41, 5.74) is -2.77. The third-order valence-corrected chi connectivity index (χ3v) is 5.83. The summed E-state index contributed by atoms with van der Waals surface area (Å²) in [6, 6.07) is 2.23. The Labute approximate surface area is 187 Å². The Morgan fingerprint density at radius 2 is 1.38 bits per heavy atom. The zero-order valence-electron chi connectivity index (χ0n) is 17.3. The van der Waals surface area contributed by atoms with Gasteiger partial charge in [0.05, 0.1) is 24.5 Å². The molecule has 13 nitrogen and oxygen atoms in total. The standard InChI is InChI=1S/C21H18O13/c1-30-7-2-5-10-11-6(20(29)33-17(10)13(7)24)3-8(14(25)18(11)34-19(5)28)31-21-16(27)15(26)12(23)9(4-22)32-21/h2-3,9,12,15-16,21-27H,4H2,1H3. The molecule has 180 valence electrons.